The second-order valence-corrected chi connectivity index (χ2v) is 5.84. The van der Waals surface area contributed by atoms with Crippen molar-refractivity contribution in [3.05, 3.63) is 63.6 Å². The molecule has 1 N–H and O–H groups in total. The van der Waals surface area contributed by atoms with E-state index in [4.69, 9.17) is 0 Å². The predicted molar refractivity (Wildman–Crippen MR) is 88.4 cm³/mol. The minimum absolute atomic E-state index is 0.0984. The average Bonchev–Trinajstić information content (AvgIpc) is 2.47. The van der Waals surface area contributed by atoms with Crippen molar-refractivity contribution >= 4 is 34.5 Å². The lowest BCUT2D eigenvalue weighted by molar-refractivity contribution is 0.0950. The molecule has 0 atom stereocenters. The molecule has 2 aromatic rings. The summed E-state index contributed by atoms with van der Waals surface area (Å²) in [6.45, 7) is 2.65. The van der Waals surface area contributed by atoms with Gasteiger partial charge in [-0.25, -0.2) is 0 Å². The van der Waals surface area contributed by atoms with Gasteiger partial charge in [0.05, 0.1) is 5.56 Å². The van der Waals surface area contributed by atoms with E-state index in [9.17, 15) is 4.79 Å². The number of benzene rings is 2. The first-order chi connectivity index (χ1) is 9.61. The normalized spacial score (nSPS) is 10.3. The number of carbonyl (C=O) groups excluding carboxylic acids is 1. The highest BCUT2D eigenvalue weighted by Gasteiger charge is 2.10. The van der Waals surface area contributed by atoms with E-state index in [2.05, 4.69) is 46.9 Å². The Morgan fingerprint density at radius 2 is 1.90 bits per heavy atom. The Hall–Kier alpha value is -1.26. The van der Waals surface area contributed by atoms with E-state index in [1.165, 1.54) is 5.56 Å². The van der Waals surface area contributed by atoms with Gasteiger partial charge in [0, 0.05) is 15.9 Å². The third-order valence-electron chi connectivity index (χ3n) is 3.13. The van der Waals surface area contributed by atoms with Gasteiger partial charge >= 0.3 is 0 Å². The average molecular weight is 350 g/mol. The van der Waals surface area contributed by atoms with E-state index < -0.39 is 0 Å². The molecule has 0 saturated heterocycles. The molecule has 0 spiro atoms. The van der Waals surface area contributed by atoms with Crippen molar-refractivity contribution in [3.8, 4) is 0 Å². The van der Waals surface area contributed by atoms with Crippen LogP contribution >= 0.6 is 28.6 Å². The molecular formula is C16H16BrNOS. The first kappa shape index (κ1) is 15.1. The van der Waals surface area contributed by atoms with Crippen LogP contribution in [0.4, 0.5) is 0 Å². The summed E-state index contributed by atoms with van der Waals surface area (Å²) in [5.41, 5.74) is 3.02. The number of carbonyl (C=O) groups is 1. The molecule has 0 aliphatic carbocycles. The second kappa shape index (κ2) is 6.95. The number of amides is 1. The summed E-state index contributed by atoms with van der Waals surface area (Å²) >= 11 is 7.66. The first-order valence-electron chi connectivity index (χ1n) is 6.45. The Balaban J connectivity index is 2.11. The number of hydrogen-bond acceptors (Lipinski definition) is 2. The monoisotopic (exact) mass is 349 g/mol. The standard InChI is InChI=1S/C16H16BrNOS/c1-2-11-5-3-4-6-12(11)10-18-16(19)14-9-13(20)7-8-15(14)17/h3-9,20H,2,10H2,1H3,(H,18,19). The van der Waals surface area contributed by atoms with Gasteiger partial charge in [-0.15, -0.1) is 12.6 Å². The summed E-state index contributed by atoms with van der Waals surface area (Å²) in [5, 5.41) is 2.96. The Bertz CT molecular complexity index is 628. The topological polar surface area (TPSA) is 29.1 Å². The van der Waals surface area contributed by atoms with Crippen LogP contribution in [0.3, 0.4) is 0 Å². The Morgan fingerprint density at radius 3 is 2.60 bits per heavy atom. The van der Waals surface area contributed by atoms with Crippen molar-refractivity contribution in [3.63, 3.8) is 0 Å². The van der Waals surface area contributed by atoms with Gasteiger partial charge in [-0.3, -0.25) is 4.79 Å². The first-order valence-corrected chi connectivity index (χ1v) is 7.69. The lowest BCUT2D eigenvalue weighted by Crippen LogP contribution is -2.23. The minimum atomic E-state index is -0.0984. The van der Waals surface area contributed by atoms with Gasteiger partial charge < -0.3 is 5.32 Å². The molecule has 0 heterocycles. The van der Waals surface area contributed by atoms with Crippen molar-refractivity contribution in [2.75, 3.05) is 0 Å². The zero-order chi connectivity index (χ0) is 14.5. The number of hydrogen-bond donors (Lipinski definition) is 2. The molecule has 0 aliphatic heterocycles. The molecule has 0 saturated carbocycles. The third-order valence-corrected chi connectivity index (χ3v) is 4.10. The van der Waals surface area contributed by atoms with Crippen LogP contribution in [-0.4, -0.2) is 5.91 Å². The molecule has 2 rings (SSSR count). The van der Waals surface area contributed by atoms with Crippen LogP contribution in [0.5, 0.6) is 0 Å². The molecular weight excluding hydrogens is 334 g/mol. The Labute approximate surface area is 133 Å². The maximum absolute atomic E-state index is 12.2. The molecule has 2 aromatic carbocycles. The van der Waals surface area contributed by atoms with Gasteiger partial charge in [0.2, 0.25) is 0 Å². The summed E-state index contributed by atoms with van der Waals surface area (Å²) in [7, 11) is 0. The van der Waals surface area contributed by atoms with Crippen LogP contribution in [0.1, 0.15) is 28.4 Å². The molecule has 2 nitrogen and oxygen atoms in total. The molecule has 20 heavy (non-hydrogen) atoms. The van der Waals surface area contributed by atoms with E-state index in [0.29, 0.717) is 12.1 Å². The van der Waals surface area contributed by atoms with Gasteiger partial charge in [0.1, 0.15) is 0 Å². The summed E-state index contributed by atoms with van der Waals surface area (Å²) in [6, 6.07) is 13.6. The fourth-order valence-electron chi connectivity index (χ4n) is 2.03. The van der Waals surface area contributed by atoms with Gasteiger partial charge in [-0.1, -0.05) is 31.2 Å². The van der Waals surface area contributed by atoms with Crippen molar-refractivity contribution in [1.82, 2.24) is 5.32 Å². The van der Waals surface area contributed by atoms with Crippen molar-refractivity contribution in [2.45, 2.75) is 24.8 Å². The highest BCUT2D eigenvalue weighted by molar-refractivity contribution is 9.10. The summed E-state index contributed by atoms with van der Waals surface area (Å²) in [6.07, 6.45) is 0.960. The van der Waals surface area contributed by atoms with E-state index in [1.807, 2.05) is 30.3 Å². The predicted octanol–water partition coefficient (Wildman–Crippen LogP) is 4.23. The van der Waals surface area contributed by atoms with Crippen LogP contribution in [0, 0.1) is 0 Å². The SMILES string of the molecule is CCc1ccccc1CNC(=O)c1cc(S)ccc1Br. The van der Waals surface area contributed by atoms with Gasteiger partial charge in [0.15, 0.2) is 0 Å². The fourth-order valence-corrected chi connectivity index (χ4v) is 2.66. The quantitative estimate of drug-likeness (QED) is 0.794. The van der Waals surface area contributed by atoms with Crippen LogP contribution in [-0.2, 0) is 13.0 Å². The van der Waals surface area contributed by atoms with E-state index in [0.717, 1.165) is 21.4 Å². The van der Waals surface area contributed by atoms with E-state index in [1.54, 1.807) is 6.07 Å². The number of thiol groups is 1. The maximum Gasteiger partial charge on any atom is 0.252 e. The molecule has 0 bridgehead atoms. The van der Waals surface area contributed by atoms with Gasteiger partial charge in [-0.05, 0) is 51.7 Å². The van der Waals surface area contributed by atoms with E-state index in [-0.39, 0.29) is 5.91 Å². The minimum Gasteiger partial charge on any atom is -0.348 e. The summed E-state index contributed by atoms with van der Waals surface area (Å²) < 4.78 is 0.775. The van der Waals surface area contributed by atoms with Crippen molar-refractivity contribution in [2.24, 2.45) is 0 Å². The third kappa shape index (κ3) is 3.64. The van der Waals surface area contributed by atoms with Gasteiger partial charge in [-0.2, -0.15) is 0 Å². The van der Waals surface area contributed by atoms with Crippen LogP contribution in [0.25, 0.3) is 0 Å². The summed E-state index contributed by atoms with van der Waals surface area (Å²) in [5.74, 6) is -0.0984. The highest BCUT2D eigenvalue weighted by atomic mass is 79.9. The summed E-state index contributed by atoms with van der Waals surface area (Å²) in [4.78, 5) is 13.0. The number of aryl methyl sites for hydroxylation is 1. The van der Waals surface area contributed by atoms with Crippen LogP contribution in [0.15, 0.2) is 51.8 Å². The second-order valence-electron chi connectivity index (χ2n) is 4.47. The largest absolute Gasteiger partial charge is 0.348 e. The van der Waals surface area contributed by atoms with Crippen molar-refractivity contribution < 1.29 is 4.79 Å². The lowest BCUT2D eigenvalue weighted by Gasteiger charge is -2.10. The lowest BCUT2D eigenvalue weighted by atomic mass is 10.1. The van der Waals surface area contributed by atoms with Crippen LogP contribution in [0.2, 0.25) is 0 Å². The maximum atomic E-state index is 12.2. The van der Waals surface area contributed by atoms with Gasteiger partial charge in [0.25, 0.3) is 5.91 Å². The molecule has 0 aromatic heterocycles. The number of rotatable bonds is 4. The Kier molecular flexibility index (Phi) is 5.26. The molecule has 0 fully saturated rings. The molecule has 4 heteroatoms. The molecule has 0 radical (unpaired) electrons. The molecule has 0 unspecified atom stereocenters. The molecule has 0 aliphatic rings. The molecule has 104 valence electrons. The highest BCUT2D eigenvalue weighted by Crippen LogP contribution is 2.20. The zero-order valence-corrected chi connectivity index (χ0v) is 13.7. The van der Waals surface area contributed by atoms with Crippen molar-refractivity contribution in [1.29, 1.82) is 0 Å². The molecule has 1 amide bonds. The Morgan fingerprint density at radius 1 is 1.20 bits per heavy atom. The number of nitrogens with one attached hydrogen (secondary N) is 1. The fraction of sp³-hybridized carbons (Fsp3) is 0.188. The van der Waals surface area contributed by atoms with E-state index >= 15 is 0 Å². The smallest absolute Gasteiger partial charge is 0.252 e. The number of halogens is 1. The van der Waals surface area contributed by atoms with Crippen LogP contribution < -0.4 is 5.32 Å². The zero-order valence-electron chi connectivity index (χ0n) is 11.2.